The molecular formula is C20H18ClNO3S. The van der Waals surface area contributed by atoms with E-state index in [4.69, 9.17) is 21.1 Å². The molecule has 1 unspecified atom stereocenters. The van der Waals surface area contributed by atoms with Gasteiger partial charge in [0.15, 0.2) is 0 Å². The van der Waals surface area contributed by atoms with E-state index in [0.29, 0.717) is 41.5 Å². The summed E-state index contributed by atoms with van der Waals surface area (Å²) in [7, 11) is 0. The highest BCUT2D eigenvalue weighted by Crippen LogP contribution is 2.33. The Labute approximate surface area is 160 Å². The summed E-state index contributed by atoms with van der Waals surface area (Å²) in [5.74, 6) is 1.23. The van der Waals surface area contributed by atoms with E-state index >= 15 is 0 Å². The second-order valence-corrected chi connectivity index (χ2v) is 7.99. The number of ketones is 1. The molecule has 2 aromatic carbocycles. The molecule has 0 radical (unpaired) electrons. The second-order valence-electron chi connectivity index (χ2n) is 6.56. The van der Waals surface area contributed by atoms with Crippen LogP contribution >= 0.6 is 22.9 Å². The first-order valence-corrected chi connectivity index (χ1v) is 9.72. The van der Waals surface area contributed by atoms with Gasteiger partial charge in [0.2, 0.25) is 0 Å². The van der Waals surface area contributed by atoms with E-state index in [2.05, 4.69) is 4.98 Å². The maximum Gasteiger partial charge on any atom is 0.279 e. The molecule has 26 heavy (non-hydrogen) atoms. The number of carbonyl (C=O) groups excluding carboxylic acids is 1. The first-order valence-electron chi connectivity index (χ1n) is 8.53. The monoisotopic (exact) mass is 387 g/mol. The predicted octanol–water partition coefficient (Wildman–Crippen LogP) is 5.45. The van der Waals surface area contributed by atoms with E-state index < -0.39 is 0 Å². The van der Waals surface area contributed by atoms with Crippen LogP contribution in [0.25, 0.3) is 10.2 Å². The van der Waals surface area contributed by atoms with Crippen LogP contribution in [0.5, 0.6) is 10.9 Å². The average Bonchev–Trinajstić information content (AvgIpc) is 2.99. The normalized spacial score (nSPS) is 15.6. The lowest BCUT2D eigenvalue weighted by molar-refractivity contribution is -0.125. The Morgan fingerprint density at radius 3 is 2.77 bits per heavy atom. The molecule has 2 heterocycles. The quantitative estimate of drug-likeness (QED) is 0.564. The van der Waals surface area contributed by atoms with E-state index in [1.807, 2.05) is 49.4 Å². The molecule has 6 heteroatoms. The van der Waals surface area contributed by atoms with Crippen molar-refractivity contribution < 1.29 is 14.3 Å². The van der Waals surface area contributed by atoms with Crippen molar-refractivity contribution in [1.82, 2.24) is 4.98 Å². The lowest BCUT2D eigenvalue weighted by Gasteiger charge is -2.26. The third-order valence-corrected chi connectivity index (χ3v) is 5.73. The average molecular weight is 388 g/mol. The number of hydrogen-bond acceptors (Lipinski definition) is 5. The maximum absolute atomic E-state index is 12.3. The summed E-state index contributed by atoms with van der Waals surface area (Å²) in [6.45, 7) is 3.37. The van der Waals surface area contributed by atoms with Crippen LogP contribution in [0.15, 0.2) is 42.5 Å². The number of benzene rings is 2. The summed E-state index contributed by atoms with van der Waals surface area (Å²) < 4.78 is 12.0. The molecule has 0 N–H and O–H groups in total. The molecular weight excluding hydrogens is 370 g/mol. The molecule has 134 valence electrons. The van der Waals surface area contributed by atoms with Crippen molar-refractivity contribution in [2.24, 2.45) is 5.92 Å². The predicted molar refractivity (Wildman–Crippen MR) is 103 cm³/mol. The second kappa shape index (κ2) is 7.35. The van der Waals surface area contributed by atoms with Gasteiger partial charge < -0.3 is 9.47 Å². The van der Waals surface area contributed by atoms with Gasteiger partial charge in [-0.2, -0.15) is 0 Å². The topological polar surface area (TPSA) is 48.4 Å². The van der Waals surface area contributed by atoms with E-state index in [-0.39, 0.29) is 11.7 Å². The number of rotatable bonds is 6. The number of aromatic nitrogens is 1. The Balaban J connectivity index is 1.43. The number of Topliss-reactive ketones (excluding diaryl/α,β-unsaturated/α-hetero) is 1. The van der Waals surface area contributed by atoms with Crippen molar-refractivity contribution in [3.05, 3.63) is 53.1 Å². The van der Waals surface area contributed by atoms with Crippen LogP contribution in [0.3, 0.4) is 0 Å². The zero-order valence-electron chi connectivity index (χ0n) is 14.3. The van der Waals surface area contributed by atoms with E-state index in [1.165, 1.54) is 11.3 Å². The largest absolute Gasteiger partial charge is 0.431 e. The van der Waals surface area contributed by atoms with Crippen LogP contribution in [0.1, 0.15) is 24.8 Å². The molecule has 4 nitrogen and oxygen atoms in total. The van der Waals surface area contributed by atoms with Gasteiger partial charge in [0.1, 0.15) is 11.5 Å². The number of carbonyl (C=O) groups is 1. The van der Waals surface area contributed by atoms with Crippen molar-refractivity contribution in [1.29, 1.82) is 0 Å². The number of nitrogens with zero attached hydrogens (tertiary/aromatic N) is 1. The first kappa shape index (κ1) is 17.5. The Kier molecular flexibility index (Phi) is 4.94. The molecule has 0 aliphatic carbocycles. The number of hydrogen-bond donors (Lipinski definition) is 0. The van der Waals surface area contributed by atoms with Gasteiger partial charge in [0.25, 0.3) is 5.19 Å². The van der Waals surface area contributed by atoms with E-state index in [0.717, 1.165) is 15.8 Å². The van der Waals surface area contributed by atoms with Gasteiger partial charge in [-0.25, -0.2) is 4.98 Å². The Morgan fingerprint density at radius 1 is 1.31 bits per heavy atom. The fourth-order valence-electron chi connectivity index (χ4n) is 2.90. The smallest absolute Gasteiger partial charge is 0.279 e. The van der Waals surface area contributed by atoms with Crippen LogP contribution in [-0.4, -0.2) is 24.0 Å². The van der Waals surface area contributed by atoms with Crippen molar-refractivity contribution >= 4 is 38.9 Å². The molecule has 1 aromatic heterocycles. The zero-order chi connectivity index (χ0) is 18.1. The fourth-order valence-corrected chi connectivity index (χ4v) is 4.01. The summed E-state index contributed by atoms with van der Waals surface area (Å²) in [5, 5.41) is 1.26. The van der Waals surface area contributed by atoms with Crippen molar-refractivity contribution in [3.8, 4) is 10.9 Å². The molecule has 3 aromatic rings. The lowest BCUT2D eigenvalue weighted by atomic mass is 9.90. The molecule has 4 rings (SSSR count). The van der Waals surface area contributed by atoms with Crippen LogP contribution in [0.2, 0.25) is 5.02 Å². The first-order chi connectivity index (χ1) is 12.6. The number of thiazole rings is 1. The molecule has 1 atom stereocenters. The minimum Gasteiger partial charge on any atom is -0.431 e. The minimum atomic E-state index is -0.116. The Bertz CT molecular complexity index is 934. The SMILES string of the molecule is CC(C(=O)CC1COC1)c1ccc(Oc2nc3ccc(Cl)cc3s2)cc1. The highest BCUT2D eigenvalue weighted by atomic mass is 35.5. The third-order valence-electron chi connectivity index (χ3n) is 4.60. The zero-order valence-corrected chi connectivity index (χ0v) is 15.8. The van der Waals surface area contributed by atoms with Gasteiger partial charge in [0.05, 0.1) is 23.4 Å². The summed E-state index contributed by atoms with van der Waals surface area (Å²) >= 11 is 7.46. The highest BCUT2D eigenvalue weighted by Gasteiger charge is 2.25. The van der Waals surface area contributed by atoms with Crippen molar-refractivity contribution in [2.45, 2.75) is 19.3 Å². The van der Waals surface area contributed by atoms with Gasteiger partial charge in [-0.05, 0) is 35.9 Å². The van der Waals surface area contributed by atoms with Gasteiger partial charge in [0, 0.05) is 23.3 Å². The van der Waals surface area contributed by atoms with E-state index in [9.17, 15) is 4.79 Å². The van der Waals surface area contributed by atoms with Gasteiger partial charge in [-0.15, -0.1) is 0 Å². The molecule has 0 bridgehead atoms. The lowest BCUT2D eigenvalue weighted by Crippen LogP contribution is -2.30. The summed E-state index contributed by atoms with van der Waals surface area (Å²) in [4.78, 5) is 16.8. The molecule has 1 saturated heterocycles. The summed E-state index contributed by atoms with van der Waals surface area (Å²) in [6, 6.07) is 13.2. The molecule has 0 spiro atoms. The standard InChI is InChI=1S/C20H18ClNO3S/c1-12(18(23)8-13-10-24-11-13)14-2-5-16(6-3-14)25-20-22-17-7-4-15(21)9-19(17)26-20/h2-7,9,12-13H,8,10-11H2,1H3. The van der Waals surface area contributed by atoms with Crippen LogP contribution < -0.4 is 4.74 Å². The van der Waals surface area contributed by atoms with Gasteiger partial charge in [-0.1, -0.05) is 42.0 Å². The number of halogens is 1. The van der Waals surface area contributed by atoms with Crippen molar-refractivity contribution in [3.63, 3.8) is 0 Å². The maximum atomic E-state index is 12.3. The Morgan fingerprint density at radius 2 is 2.08 bits per heavy atom. The van der Waals surface area contributed by atoms with Crippen LogP contribution in [0.4, 0.5) is 0 Å². The minimum absolute atomic E-state index is 0.116. The fraction of sp³-hybridized carbons (Fsp3) is 0.300. The molecule has 0 saturated carbocycles. The molecule has 1 aliphatic heterocycles. The number of fused-ring (bicyclic) bond motifs is 1. The van der Waals surface area contributed by atoms with Crippen molar-refractivity contribution in [2.75, 3.05) is 13.2 Å². The van der Waals surface area contributed by atoms with Gasteiger partial charge >= 0.3 is 0 Å². The number of ether oxygens (including phenoxy) is 2. The van der Waals surface area contributed by atoms with Crippen LogP contribution in [-0.2, 0) is 9.53 Å². The summed E-state index contributed by atoms with van der Waals surface area (Å²) in [5.41, 5.74) is 1.86. The molecule has 1 fully saturated rings. The third kappa shape index (κ3) is 3.75. The van der Waals surface area contributed by atoms with E-state index in [1.54, 1.807) is 0 Å². The summed E-state index contributed by atoms with van der Waals surface area (Å²) in [6.07, 6.45) is 0.591. The molecule has 1 aliphatic rings. The van der Waals surface area contributed by atoms with Crippen LogP contribution in [0, 0.1) is 5.92 Å². The van der Waals surface area contributed by atoms with Gasteiger partial charge in [-0.3, -0.25) is 4.79 Å². The highest BCUT2D eigenvalue weighted by molar-refractivity contribution is 7.20. The Hall–Kier alpha value is -1.95. The molecule has 0 amide bonds.